The molecule has 35 heavy (non-hydrogen) atoms. The van der Waals surface area contributed by atoms with Gasteiger partial charge in [0.15, 0.2) is 0 Å². The molecule has 3 aliphatic heterocycles. The van der Waals surface area contributed by atoms with Crippen molar-refractivity contribution in [2.45, 2.75) is 76.1 Å². The molecule has 3 fully saturated rings. The SMILES string of the molecule is CCCNC(=O)[C@H]1[C@@H]2OC3(CC2Br)C(C(=O)Nc2cc(C)ccc2C)N([C@@H](CO)C(C)C)C(=O)[C@H]13. The van der Waals surface area contributed by atoms with E-state index in [0.29, 0.717) is 18.7 Å². The maximum atomic E-state index is 14.0. The number of halogens is 1. The van der Waals surface area contributed by atoms with Crippen molar-refractivity contribution in [3.05, 3.63) is 29.3 Å². The van der Waals surface area contributed by atoms with Crippen molar-refractivity contribution in [3.8, 4) is 0 Å². The van der Waals surface area contributed by atoms with Crippen molar-refractivity contribution in [1.29, 1.82) is 0 Å². The van der Waals surface area contributed by atoms with E-state index in [9.17, 15) is 19.5 Å². The molecule has 2 bridgehead atoms. The molecule has 0 radical (unpaired) electrons. The van der Waals surface area contributed by atoms with E-state index < -0.39 is 35.6 Å². The third-order valence-corrected chi connectivity index (χ3v) is 8.64. The first kappa shape index (κ1) is 26.1. The van der Waals surface area contributed by atoms with Gasteiger partial charge in [-0.15, -0.1) is 0 Å². The monoisotopic (exact) mass is 549 g/mol. The lowest BCUT2D eigenvalue weighted by molar-refractivity contribution is -0.145. The molecule has 3 saturated heterocycles. The molecule has 0 aliphatic carbocycles. The van der Waals surface area contributed by atoms with E-state index in [-0.39, 0.29) is 35.1 Å². The second-order valence-corrected chi connectivity index (χ2v) is 11.7. The predicted molar refractivity (Wildman–Crippen MR) is 136 cm³/mol. The molecule has 1 aromatic carbocycles. The van der Waals surface area contributed by atoms with Crippen LogP contribution in [0, 0.1) is 31.6 Å². The standard InChI is InChI=1S/C26H36BrN3O5/c1-6-9-28-23(32)19-20-25(34)30(18(12-31)13(2)3)22(26(20)11-16(27)21(19)35-26)24(33)29-17-10-14(4)7-8-15(17)5/h7-8,10,13,16,18-22,31H,6,9,11-12H2,1-5H3,(H,28,32)(H,29,33)/t16?,18-,19+,20-,21+,22?,26?/m0/s1. The molecule has 7 atom stereocenters. The third-order valence-electron chi connectivity index (χ3n) is 7.79. The van der Waals surface area contributed by atoms with Gasteiger partial charge in [0, 0.05) is 17.1 Å². The summed E-state index contributed by atoms with van der Waals surface area (Å²) >= 11 is 3.68. The van der Waals surface area contributed by atoms with E-state index >= 15 is 0 Å². The fourth-order valence-corrected chi connectivity index (χ4v) is 7.02. The average Bonchev–Trinajstić information content (AvgIpc) is 3.39. The number of nitrogens with one attached hydrogen (secondary N) is 2. The summed E-state index contributed by atoms with van der Waals surface area (Å²) in [4.78, 5) is 42.6. The molecule has 1 aromatic rings. The smallest absolute Gasteiger partial charge is 0.250 e. The molecule has 3 unspecified atom stereocenters. The average molecular weight is 550 g/mol. The Morgan fingerprint density at radius 3 is 2.63 bits per heavy atom. The minimum Gasteiger partial charge on any atom is -0.394 e. The number of carbonyl (C=O) groups is 3. The van der Waals surface area contributed by atoms with Gasteiger partial charge >= 0.3 is 0 Å². The third kappa shape index (κ3) is 4.19. The quantitative estimate of drug-likeness (QED) is 0.432. The number of alkyl halides is 1. The van der Waals surface area contributed by atoms with Gasteiger partial charge in [-0.25, -0.2) is 0 Å². The van der Waals surface area contributed by atoms with Crippen LogP contribution in [0.3, 0.4) is 0 Å². The highest BCUT2D eigenvalue weighted by atomic mass is 79.9. The number of hydrogen-bond acceptors (Lipinski definition) is 5. The first-order valence-electron chi connectivity index (χ1n) is 12.5. The number of ether oxygens (including phenoxy) is 1. The van der Waals surface area contributed by atoms with Gasteiger partial charge < -0.3 is 25.4 Å². The van der Waals surface area contributed by atoms with Crippen LogP contribution < -0.4 is 10.6 Å². The molecular weight excluding hydrogens is 514 g/mol. The summed E-state index contributed by atoms with van der Waals surface area (Å²) < 4.78 is 6.50. The minimum atomic E-state index is -1.14. The topological polar surface area (TPSA) is 108 Å². The van der Waals surface area contributed by atoms with Crippen LogP contribution in [0.4, 0.5) is 5.69 Å². The lowest BCUT2D eigenvalue weighted by atomic mass is 9.70. The number of aliphatic hydroxyl groups is 1. The predicted octanol–water partition coefficient (Wildman–Crippen LogP) is 2.53. The number of carbonyl (C=O) groups excluding carboxylic acids is 3. The number of amides is 3. The van der Waals surface area contributed by atoms with Crippen molar-refractivity contribution in [3.63, 3.8) is 0 Å². The van der Waals surface area contributed by atoms with Gasteiger partial charge in [-0.2, -0.15) is 0 Å². The van der Waals surface area contributed by atoms with E-state index in [1.807, 2.05) is 52.8 Å². The number of aliphatic hydroxyl groups excluding tert-OH is 1. The number of anilines is 1. The first-order chi connectivity index (χ1) is 16.6. The number of benzene rings is 1. The molecule has 1 spiro atoms. The van der Waals surface area contributed by atoms with Crippen LogP contribution in [0.5, 0.6) is 0 Å². The van der Waals surface area contributed by atoms with Crippen molar-refractivity contribution in [2.24, 2.45) is 17.8 Å². The maximum Gasteiger partial charge on any atom is 0.250 e. The number of aryl methyl sites for hydroxylation is 2. The number of likely N-dealkylation sites (tertiary alicyclic amines) is 1. The summed E-state index contributed by atoms with van der Waals surface area (Å²) in [5.41, 5.74) is 1.44. The summed E-state index contributed by atoms with van der Waals surface area (Å²) in [7, 11) is 0. The molecule has 3 amide bonds. The second-order valence-electron chi connectivity index (χ2n) is 10.5. The van der Waals surface area contributed by atoms with E-state index in [2.05, 4.69) is 26.6 Å². The van der Waals surface area contributed by atoms with Crippen LogP contribution >= 0.6 is 15.9 Å². The van der Waals surface area contributed by atoms with Gasteiger partial charge in [-0.05, 0) is 49.8 Å². The molecule has 9 heteroatoms. The molecule has 8 nitrogen and oxygen atoms in total. The molecule has 0 aromatic heterocycles. The lowest BCUT2D eigenvalue weighted by Gasteiger charge is -2.38. The fourth-order valence-electron chi connectivity index (χ4n) is 6.08. The van der Waals surface area contributed by atoms with Crippen molar-refractivity contribution < 1.29 is 24.2 Å². The van der Waals surface area contributed by atoms with Crippen LogP contribution in [-0.2, 0) is 19.1 Å². The zero-order chi connectivity index (χ0) is 25.7. The molecule has 3 aliphatic rings. The fraction of sp³-hybridized carbons (Fsp3) is 0.654. The van der Waals surface area contributed by atoms with E-state index in [4.69, 9.17) is 4.74 Å². The summed E-state index contributed by atoms with van der Waals surface area (Å²) in [5, 5.41) is 16.2. The minimum absolute atomic E-state index is 0.0977. The zero-order valence-corrected chi connectivity index (χ0v) is 22.6. The highest BCUT2D eigenvalue weighted by Gasteiger charge is 2.77. The normalized spacial score (nSPS) is 32.2. The van der Waals surface area contributed by atoms with Gasteiger partial charge in [0.1, 0.15) is 11.6 Å². The van der Waals surface area contributed by atoms with E-state index in [1.165, 1.54) is 4.90 Å². The maximum absolute atomic E-state index is 14.0. The highest BCUT2D eigenvalue weighted by molar-refractivity contribution is 9.09. The van der Waals surface area contributed by atoms with Gasteiger partial charge in [-0.3, -0.25) is 14.4 Å². The number of hydrogen-bond donors (Lipinski definition) is 3. The molecule has 3 heterocycles. The summed E-state index contributed by atoms with van der Waals surface area (Å²) in [5.74, 6) is -2.44. The number of nitrogens with zero attached hydrogens (tertiary/aromatic N) is 1. The van der Waals surface area contributed by atoms with Gasteiger partial charge in [0.05, 0.1) is 30.6 Å². The van der Waals surface area contributed by atoms with Crippen molar-refractivity contribution in [1.82, 2.24) is 10.2 Å². The molecule has 3 N–H and O–H groups in total. The van der Waals surface area contributed by atoms with Crippen LogP contribution in [0.1, 0.15) is 44.7 Å². The van der Waals surface area contributed by atoms with Crippen molar-refractivity contribution >= 4 is 39.3 Å². The highest BCUT2D eigenvalue weighted by Crippen LogP contribution is 2.60. The van der Waals surface area contributed by atoms with Crippen LogP contribution in [0.25, 0.3) is 0 Å². The van der Waals surface area contributed by atoms with Crippen LogP contribution in [-0.4, -0.2) is 69.5 Å². The summed E-state index contributed by atoms with van der Waals surface area (Å²) in [6.45, 7) is 9.89. The Kier molecular flexibility index (Phi) is 7.33. The van der Waals surface area contributed by atoms with Crippen LogP contribution in [0.2, 0.25) is 0 Å². The van der Waals surface area contributed by atoms with Crippen LogP contribution in [0.15, 0.2) is 18.2 Å². The Balaban J connectivity index is 1.78. The van der Waals surface area contributed by atoms with Gasteiger partial charge in [-0.1, -0.05) is 48.8 Å². The zero-order valence-electron chi connectivity index (χ0n) is 21.0. The molecule has 0 saturated carbocycles. The first-order valence-corrected chi connectivity index (χ1v) is 13.4. The van der Waals surface area contributed by atoms with Gasteiger partial charge in [0.2, 0.25) is 17.7 Å². The van der Waals surface area contributed by atoms with Gasteiger partial charge in [0.25, 0.3) is 0 Å². The Labute approximate surface area is 215 Å². The summed E-state index contributed by atoms with van der Waals surface area (Å²) in [6.07, 6.45) is 0.715. The largest absolute Gasteiger partial charge is 0.394 e. The molecular formula is C26H36BrN3O5. The van der Waals surface area contributed by atoms with E-state index in [1.54, 1.807) is 0 Å². The Hall–Kier alpha value is -1.97. The van der Waals surface area contributed by atoms with E-state index in [0.717, 1.165) is 17.5 Å². The summed E-state index contributed by atoms with van der Waals surface area (Å²) in [6, 6.07) is 4.27. The van der Waals surface area contributed by atoms with Crippen molar-refractivity contribution in [2.75, 3.05) is 18.5 Å². The lowest BCUT2D eigenvalue weighted by Crippen LogP contribution is -2.57. The molecule has 192 valence electrons. The number of rotatable bonds is 8. The Morgan fingerprint density at radius 1 is 1.29 bits per heavy atom. The Morgan fingerprint density at radius 2 is 2.00 bits per heavy atom. The second kappa shape index (κ2) is 9.82. The Bertz CT molecular complexity index is 1020. The number of fused-ring (bicyclic) bond motifs is 1. The molecule has 4 rings (SSSR count).